The van der Waals surface area contributed by atoms with Crippen molar-refractivity contribution in [3.63, 3.8) is 0 Å². The molecule has 0 saturated heterocycles. The van der Waals surface area contributed by atoms with Crippen molar-refractivity contribution in [3.8, 4) is 5.75 Å². The van der Waals surface area contributed by atoms with Crippen molar-refractivity contribution in [2.24, 2.45) is 10.7 Å². The van der Waals surface area contributed by atoms with E-state index in [4.69, 9.17) is 10.5 Å². The normalized spacial score (nSPS) is 10.9. The SMILES string of the molecule is CCc1ccc(CN=C(N)Nc2ccc(OC)cc2)s1.I. The van der Waals surface area contributed by atoms with E-state index in [1.807, 2.05) is 24.3 Å². The Kier molecular flexibility index (Phi) is 7.52. The average molecular weight is 417 g/mol. The van der Waals surface area contributed by atoms with Crippen molar-refractivity contribution in [1.29, 1.82) is 0 Å². The molecule has 21 heavy (non-hydrogen) atoms. The first-order chi connectivity index (χ1) is 9.71. The van der Waals surface area contributed by atoms with Gasteiger partial charge >= 0.3 is 0 Å². The molecule has 0 unspecified atom stereocenters. The molecule has 6 heteroatoms. The van der Waals surface area contributed by atoms with Gasteiger partial charge in [-0.3, -0.25) is 0 Å². The van der Waals surface area contributed by atoms with Crippen molar-refractivity contribution in [2.45, 2.75) is 19.9 Å². The van der Waals surface area contributed by atoms with Crippen molar-refractivity contribution in [3.05, 3.63) is 46.2 Å². The largest absolute Gasteiger partial charge is 0.497 e. The minimum atomic E-state index is 0. The summed E-state index contributed by atoms with van der Waals surface area (Å²) in [5, 5.41) is 3.06. The predicted octanol–water partition coefficient (Wildman–Crippen LogP) is 3.86. The first-order valence-electron chi connectivity index (χ1n) is 6.50. The lowest BCUT2D eigenvalue weighted by Gasteiger charge is -2.06. The summed E-state index contributed by atoms with van der Waals surface area (Å²) in [7, 11) is 1.64. The molecule has 0 aliphatic carbocycles. The fraction of sp³-hybridized carbons (Fsp3) is 0.267. The van der Waals surface area contributed by atoms with E-state index in [1.165, 1.54) is 9.75 Å². The van der Waals surface area contributed by atoms with Crippen molar-refractivity contribution in [1.82, 2.24) is 0 Å². The molecule has 0 spiro atoms. The standard InChI is InChI=1S/C15H19N3OS.HI/c1-3-13-8-9-14(20-13)10-17-15(16)18-11-4-6-12(19-2)7-5-11;/h4-9H,3,10H2,1-2H3,(H3,16,17,18);1H. The van der Waals surface area contributed by atoms with Gasteiger partial charge in [-0.05, 0) is 42.8 Å². The van der Waals surface area contributed by atoms with Crippen LogP contribution in [0.3, 0.4) is 0 Å². The Balaban J connectivity index is 0.00000220. The Bertz CT molecular complexity index is 581. The number of methoxy groups -OCH3 is 1. The van der Waals surface area contributed by atoms with Gasteiger partial charge in [-0.25, -0.2) is 4.99 Å². The number of hydrogen-bond acceptors (Lipinski definition) is 3. The van der Waals surface area contributed by atoms with Crippen LogP contribution in [0.5, 0.6) is 5.75 Å². The Morgan fingerprint density at radius 3 is 2.43 bits per heavy atom. The van der Waals surface area contributed by atoms with Crippen LogP contribution in [0.25, 0.3) is 0 Å². The van der Waals surface area contributed by atoms with Gasteiger partial charge < -0.3 is 15.8 Å². The fourth-order valence-corrected chi connectivity index (χ4v) is 2.60. The number of anilines is 1. The van der Waals surface area contributed by atoms with Crippen LogP contribution in [0.15, 0.2) is 41.4 Å². The summed E-state index contributed by atoms with van der Waals surface area (Å²) in [6, 6.07) is 11.8. The number of nitrogens with one attached hydrogen (secondary N) is 1. The molecule has 1 heterocycles. The lowest BCUT2D eigenvalue weighted by atomic mass is 10.3. The van der Waals surface area contributed by atoms with Gasteiger partial charge in [-0.1, -0.05) is 6.92 Å². The highest BCUT2D eigenvalue weighted by molar-refractivity contribution is 14.0. The maximum absolute atomic E-state index is 5.88. The Morgan fingerprint density at radius 1 is 1.19 bits per heavy atom. The molecule has 0 bridgehead atoms. The third-order valence-electron chi connectivity index (χ3n) is 2.83. The first kappa shape index (κ1) is 17.8. The number of rotatable bonds is 5. The molecule has 114 valence electrons. The van der Waals surface area contributed by atoms with Gasteiger partial charge in [0.05, 0.1) is 13.7 Å². The van der Waals surface area contributed by atoms with Crippen molar-refractivity contribution < 1.29 is 4.74 Å². The summed E-state index contributed by atoms with van der Waals surface area (Å²) in [5.41, 5.74) is 6.77. The van der Waals surface area contributed by atoms with Gasteiger partial charge in [0.1, 0.15) is 5.75 Å². The van der Waals surface area contributed by atoms with E-state index in [1.54, 1.807) is 18.4 Å². The Labute approximate surface area is 146 Å². The molecular weight excluding hydrogens is 397 g/mol. The summed E-state index contributed by atoms with van der Waals surface area (Å²) < 4.78 is 5.10. The molecule has 2 aromatic rings. The van der Waals surface area contributed by atoms with Crippen LogP contribution in [0, 0.1) is 0 Å². The third-order valence-corrected chi connectivity index (χ3v) is 4.05. The second-order valence-corrected chi connectivity index (χ2v) is 5.53. The van der Waals surface area contributed by atoms with E-state index in [2.05, 4.69) is 29.4 Å². The van der Waals surface area contributed by atoms with Gasteiger partial charge in [0.2, 0.25) is 0 Å². The van der Waals surface area contributed by atoms with Crippen LogP contribution in [0.2, 0.25) is 0 Å². The van der Waals surface area contributed by atoms with Crippen LogP contribution in [0.1, 0.15) is 16.7 Å². The van der Waals surface area contributed by atoms with E-state index < -0.39 is 0 Å². The summed E-state index contributed by atoms with van der Waals surface area (Å²) >= 11 is 1.78. The quantitative estimate of drug-likeness (QED) is 0.441. The van der Waals surface area contributed by atoms with Crippen LogP contribution < -0.4 is 15.8 Å². The highest BCUT2D eigenvalue weighted by Gasteiger charge is 1.99. The lowest BCUT2D eigenvalue weighted by molar-refractivity contribution is 0.415. The number of aryl methyl sites for hydroxylation is 1. The third kappa shape index (κ3) is 5.55. The molecule has 0 aliphatic rings. The highest BCUT2D eigenvalue weighted by Crippen LogP contribution is 2.18. The number of ether oxygens (including phenoxy) is 1. The molecule has 0 radical (unpaired) electrons. The molecule has 0 fully saturated rings. The lowest BCUT2D eigenvalue weighted by Crippen LogP contribution is -2.22. The first-order valence-corrected chi connectivity index (χ1v) is 7.31. The predicted molar refractivity (Wildman–Crippen MR) is 101 cm³/mol. The van der Waals surface area contributed by atoms with E-state index in [0.29, 0.717) is 12.5 Å². The van der Waals surface area contributed by atoms with Crippen molar-refractivity contribution >= 4 is 47.0 Å². The number of aliphatic imine (C=N–C) groups is 1. The number of benzene rings is 1. The topological polar surface area (TPSA) is 59.6 Å². The molecule has 0 amide bonds. The van der Waals surface area contributed by atoms with E-state index >= 15 is 0 Å². The van der Waals surface area contributed by atoms with Crippen LogP contribution in [0.4, 0.5) is 5.69 Å². The zero-order valence-corrected chi connectivity index (χ0v) is 15.3. The summed E-state index contributed by atoms with van der Waals surface area (Å²) in [6.45, 7) is 2.76. The monoisotopic (exact) mass is 417 g/mol. The fourth-order valence-electron chi connectivity index (χ4n) is 1.72. The number of guanidine groups is 1. The second kappa shape index (κ2) is 8.89. The highest BCUT2D eigenvalue weighted by atomic mass is 127. The van der Waals surface area contributed by atoms with Gasteiger partial charge in [-0.15, -0.1) is 35.3 Å². The molecule has 1 aromatic carbocycles. The average Bonchev–Trinajstić information content (AvgIpc) is 2.94. The number of nitrogens with zero attached hydrogens (tertiary/aromatic N) is 1. The molecule has 2 rings (SSSR count). The zero-order valence-electron chi connectivity index (χ0n) is 12.1. The minimum Gasteiger partial charge on any atom is -0.497 e. The van der Waals surface area contributed by atoms with Gasteiger partial charge in [0, 0.05) is 15.4 Å². The zero-order chi connectivity index (χ0) is 14.4. The molecular formula is C15H20IN3OS. The molecule has 0 saturated carbocycles. The summed E-state index contributed by atoms with van der Waals surface area (Å²) in [6.07, 6.45) is 1.06. The Morgan fingerprint density at radius 2 is 1.86 bits per heavy atom. The molecule has 3 N–H and O–H groups in total. The minimum absolute atomic E-state index is 0. The maximum Gasteiger partial charge on any atom is 0.193 e. The summed E-state index contributed by atoms with van der Waals surface area (Å²) in [5.74, 6) is 1.23. The van der Waals surface area contributed by atoms with E-state index in [0.717, 1.165) is 17.9 Å². The van der Waals surface area contributed by atoms with Gasteiger partial charge in [0.25, 0.3) is 0 Å². The molecule has 0 atom stereocenters. The van der Waals surface area contributed by atoms with Gasteiger partial charge in [-0.2, -0.15) is 0 Å². The Hall–Kier alpha value is -1.28. The van der Waals surface area contributed by atoms with Crippen LogP contribution >= 0.6 is 35.3 Å². The number of hydrogen-bond donors (Lipinski definition) is 2. The molecule has 0 aliphatic heterocycles. The van der Waals surface area contributed by atoms with Gasteiger partial charge in [0.15, 0.2) is 5.96 Å². The van der Waals surface area contributed by atoms with E-state index in [9.17, 15) is 0 Å². The summed E-state index contributed by atoms with van der Waals surface area (Å²) in [4.78, 5) is 6.94. The molecule has 1 aromatic heterocycles. The number of halogens is 1. The number of nitrogens with two attached hydrogens (primary N) is 1. The molecule has 4 nitrogen and oxygen atoms in total. The van der Waals surface area contributed by atoms with Crippen LogP contribution in [-0.4, -0.2) is 13.1 Å². The van der Waals surface area contributed by atoms with Crippen molar-refractivity contribution in [2.75, 3.05) is 12.4 Å². The second-order valence-electron chi connectivity index (χ2n) is 4.28. The van der Waals surface area contributed by atoms with E-state index in [-0.39, 0.29) is 24.0 Å². The maximum atomic E-state index is 5.88. The number of thiophene rings is 1. The smallest absolute Gasteiger partial charge is 0.193 e. The van der Waals surface area contributed by atoms with Crippen LogP contribution in [-0.2, 0) is 13.0 Å².